The van der Waals surface area contributed by atoms with Crippen LogP contribution >= 0.6 is 0 Å². The summed E-state index contributed by atoms with van der Waals surface area (Å²) in [6, 6.07) is 27.4. The van der Waals surface area contributed by atoms with Crippen LogP contribution in [0.2, 0.25) is 0 Å². The lowest BCUT2D eigenvalue weighted by atomic mass is 10.1. The molecule has 0 aliphatic heterocycles. The Morgan fingerprint density at radius 1 is 0.310 bits per heavy atom. The number of hydrogen-bond donors (Lipinski definition) is 0. The van der Waals surface area contributed by atoms with Crippen molar-refractivity contribution < 1.29 is 52.7 Å². The van der Waals surface area contributed by atoms with Crippen molar-refractivity contribution in [3.8, 4) is 0 Å². The molecular formula is C45H27F12N. The van der Waals surface area contributed by atoms with Crippen LogP contribution in [-0.4, -0.2) is 0 Å². The van der Waals surface area contributed by atoms with E-state index >= 15 is 0 Å². The monoisotopic (exact) mass is 809 g/mol. The van der Waals surface area contributed by atoms with Crippen molar-refractivity contribution in [3.05, 3.63) is 195 Å². The molecule has 0 heterocycles. The highest BCUT2D eigenvalue weighted by atomic mass is 19.4. The Labute approximate surface area is 324 Å². The molecule has 6 aromatic carbocycles. The lowest BCUT2D eigenvalue weighted by Gasteiger charge is -2.26. The summed E-state index contributed by atoms with van der Waals surface area (Å²) in [5.74, 6) is -3.13. The average Bonchev–Trinajstić information content (AvgIpc) is 3.17. The second-order valence-corrected chi connectivity index (χ2v) is 12.8. The largest absolute Gasteiger partial charge is 0.416 e. The zero-order valence-electron chi connectivity index (χ0n) is 29.6. The smallest absolute Gasteiger partial charge is 0.311 e. The molecule has 0 radical (unpaired) electrons. The molecule has 0 aliphatic rings. The molecule has 0 aliphatic carbocycles. The molecule has 0 amide bonds. The van der Waals surface area contributed by atoms with Crippen molar-refractivity contribution in [2.24, 2.45) is 0 Å². The Morgan fingerprint density at radius 3 is 0.759 bits per heavy atom. The molecule has 296 valence electrons. The molecule has 0 unspecified atom stereocenters. The van der Waals surface area contributed by atoms with Gasteiger partial charge in [-0.2, -0.15) is 39.5 Å². The Kier molecular flexibility index (Phi) is 11.7. The number of benzene rings is 6. The van der Waals surface area contributed by atoms with E-state index in [2.05, 4.69) is 0 Å². The van der Waals surface area contributed by atoms with Crippen LogP contribution in [0.1, 0.15) is 50.1 Å². The lowest BCUT2D eigenvalue weighted by molar-refractivity contribution is -0.138. The van der Waals surface area contributed by atoms with Gasteiger partial charge < -0.3 is 4.90 Å². The van der Waals surface area contributed by atoms with Crippen LogP contribution in [0.3, 0.4) is 0 Å². The van der Waals surface area contributed by atoms with Crippen molar-refractivity contribution >= 4 is 53.5 Å². The van der Waals surface area contributed by atoms with Crippen molar-refractivity contribution in [2.75, 3.05) is 4.90 Å². The fraction of sp³-hybridized carbons (Fsp3) is 0.0667. The van der Waals surface area contributed by atoms with Gasteiger partial charge in [-0.25, -0.2) is 13.2 Å². The van der Waals surface area contributed by atoms with Gasteiger partial charge in [0.1, 0.15) is 17.5 Å². The molecule has 0 atom stereocenters. The Morgan fingerprint density at radius 2 is 0.552 bits per heavy atom. The van der Waals surface area contributed by atoms with E-state index in [-0.39, 0.29) is 16.7 Å². The topological polar surface area (TPSA) is 3.24 Å². The third-order valence-electron chi connectivity index (χ3n) is 8.80. The summed E-state index contributed by atoms with van der Waals surface area (Å²) in [6.07, 6.45) is -5.47. The molecule has 0 bridgehead atoms. The van der Waals surface area contributed by atoms with E-state index in [0.717, 1.165) is 36.4 Å². The Balaban J connectivity index is 1.27. The minimum absolute atomic E-state index is 0.0518. The second kappa shape index (κ2) is 16.5. The number of nitrogens with zero attached hydrogens (tertiary/aromatic N) is 1. The highest BCUT2D eigenvalue weighted by molar-refractivity contribution is 5.80. The van der Waals surface area contributed by atoms with E-state index in [9.17, 15) is 52.7 Å². The van der Waals surface area contributed by atoms with Crippen LogP contribution in [0.5, 0.6) is 0 Å². The van der Waals surface area contributed by atoms with Crippen LogP contribution in [-0.2, 0) is 18.5 Å². The third-order valence-corrected chi connectivity index (χ3v) is 8.80. The predicted octanol–water partition coefficient (Wildman–Crippen LogP) is 15.1. The number of anilines is 3. The van der Waals surface area contributed by atoms with Gasteiger partial charge in [0.25, 0.3) is 0 Å². The van der Waals surface area contributed by atoms with E-state index in [1.807, 2.05) is 4.90 Å². The first kappa shape index (κ1) is 41.1. The second-order valence-electron chi connectivity index (χ2n) is 12.8. The third kappa shape index (κ3) is 10.1. The quantitative estimate of drug-likeness (QED) is 0.104. The zero-order valence-corrected chi connectivity index (χ0v) is 29.6. The molecule has 13 heteroatoms. The van der Waals surface area contributed by atoms with Gasteiger partial charge in [-0.1, -0.05) is 91.1 Å². The molecule has 0 spiro atoms. The summed E-state index contributed by atoms with van der Waals surface area (Å²) in [6.45, 7) is 0. The van der Waals surface area contributed by atoms with Crippen LogP contribution in [0.4, 0.5) is 69.7 Å². The number of alkyl halides is 9. The summed E-state index contributed by atoms with van der Waals surface area (Å²) in [5.41, 5.74) is 0.175. The molecule has 0 fully saturated rings. The summed E-state index contributed by atoms with van der Waals surface area (Å²) >= 11 is 0. The number of rotatable bonds is 9. The summed E-state index contributed by atoms with van der Waals surface area (Å²) in [4.78, 5) is 1.84. The Bertz CT molecular complexity index is 2190. The Hall–Kier alpha value is -6.50. The maximum absolute atomic E-state index is 14.4. The van der Waals surface area contributed by atoms with Crippen LogP contribution in [0, 0.1) is 17.5 Å². The molecular weight excluding hydrogens is 782 g/mol. The molecule has 6 aromatic rings. The highest BCUT2D eigenvalue weighted by Crippen LogP contribution is 2.37. The first-order chi connectivity index (χ1) is 27.3. The number of halogens is 12. The minimum atomic E-state index is -4.69. The molecule has 58 heavy (non-hydrogen) atoms. The predicted molar refractivity (Wildman–Crippen MR) is 202 cm³/mol. The average molecular weight is 810 g/mol. The summed E-state index contributed by atoms with van der Waals surface area (Å²) in [5, 5.41) is 0. The fourth-order valence-electron chi connectivity index (χ4n) is 5.72. The normalized spacial score (nSPS) is 12.6. The van der Waals surface area contributed by atoms with Gasteiger partial charge >= 0.3 is 18.5 Å². The molecule has 6 rings (SSSR count). The molecule has 1 nitrogen and oxygen atoms in total. The van der Waals surface area contributed by atoms with Gasteiger partial charge in [0, 0.05) is 33.8 Å². The maximum atomic E-state index is 14.4. The van der Waals surface area contributed by atoms with Gasteiger partial charge in [-0.3, -0.25) is 0 Å². The zero-order chi connectivity index (χ0) is 41.8. The van der Waals surface area contributed by atoms with E-state index in [1.165, 1.54) is 36.5 Å². The van der Waals surface area contributed by atoms with E-state index < -0.39 is 52.7 Å². The summed E-state index contributed by atoms with van der Waals surface area (Å²) in [7, 11) is 0. The lowest BCUT2D eigenvalue weighted by Crippen LogP contribution is -2.09. The van der Waals surface area contributed by atoms with Crippen molar-refractivity contribution in [3.63, 3.8) is 0 Å². The van der Waals surface area contributed by atoms with Crippen molar-refractivity contribution in [2.45, 2.75) is 18.5 Å². The number of hydrogen-bond acceptors (Lipinski definition) is 1. The first-order valence-electron chi connectivity index (χ1n) is 17.1. The first-order valence-corrected chi connectivity index (χ1v) is 17.1. The maximum Gasteiger partial charge on any atom is 0.416 e. The fourth-order valence-corrected chi connectivity index (χ4v) is 5.72. The minimum Gasteiger partial charge on any atom is -0.311 e. The molecule has 0 saturated carbocycles. The molecule has 0 saturated heterocycles. The van der Waals surface area contributed by atoms with E-state index in [0.29, 0.717) is 52.0 Å². The van der Waals surface area contributed by atoms with Crippen LogP contribution in [0.25, 0.3) is 36.5 Å². The van der Waals surface area contributed by atoms with Crippen LogP contribution < -0.4 is 4.90 Å². The van der Waals surface area contributed by atoms with E-state index in [4.69, 9.17) is 0 Å². The summed E-state index contributed by atoms with van der Waals surface area (Å²) < 4.78 is 160. The standard InChI is InChI=1S/C45H27F12N/c46-40-25-34(43(49,50)51)16-13-31(40)10-1-28-4-19-37(20-5-28)58(38-21-6-29(7-22-38)2-11-32-14-17-35(26-41(32)47)44(52,53)54)39-23-8-30(9-24-39)3-12-33-15-18-36(27-42(33)48)45(55,56)57/h1-27H. The van der Waals surface area contributed by atoms with Gasteiger partial charge in [0.05, 0.1) is 16.7 Å². The van der Waals surface area contributed by atoms with Gasteiger partial charge in [0.2, 0.25) is 0 Å². The SMILES string of the molecule is Fc1cc(C(F)(F)F)ccc1C=Cc1ccc(N(c2ccc(C=Cc3ccc(C(F)(F)F)cc3F)cc2)c2ccc(C=Cc3ccc(C(F)(F)F)cc3F)cc2)cc1. The van der Waals surface area contributed by atoms with Gasteiger partial charge in [0.15, 0.2) is 0 Å². The molecule has 0 aromatic heterocycles. The van der Waals surface area contributed by atoms with Crippen molar-refractivity contribution in [1.82, 2.24) is 0 Å². The van der Waals surface area contributed by atoms with Crippen molar-refractivity contribution in [1.29, 1.82) is 0 Å². The van der Waals surface area contributed by atoms with Gasteiger partial charge in [-0.15, -0.1) is 0 Å². The van der Waals surface area contributed by atoms with Gasteiger partial charge in [-0.05, 0) is 89.5 Å². The molecule has 0 N–H and O–H groups in total. The van der Waals surface area contributed by atoms with E-state index in [1.54, 1.807) is 72.8 Å². The van der Waals surface area contributed by atoms with Crippen LogP contribution in [0.15, 0.2) is 127 Å². The highest BCUT2D eigenvalue weighted by Gasteiger charge is 2.32.